The van der Waals surface area contributed by atoms with Crippen molar-refractivity contribution < 1.29 is 4.79 Å². The molecule has 2 heterocycles. The van der Waals surface area contributed by atoms with E-state index in [9.17, 15) is 4.79 Å². The molecule has 1 amide bonds. The van der Waals surface area contributed by atoms with Crippen molar-refractivity contribution >= 4 is 11.6 Å². The second kappa shape index (κ2) is 3.65. The zero-order chi connectivity index (χ0) is 11.7. The molecule has 0 aliphatic carbocycles. The molecule has 16 heavy (non-hydrogen) atoms. The summed E-state index contributed by atoms with van der Waals surface area (Å²) in [7, 11) is 0. The van der Waals surface area contributed by atoms with E-state index >= 15 is 0 Å². The van der Waals surface area contributed by atoms with Gasteiger partial charge >= 0.3 is 0 Å². The number of hydrogen-bond donors (Lipinski definition) is 2. The predicted octanol–water partition coefficient (Wildman–Crippen LogP) is 0.257. The van der Waals surface area contributed by atoms with Gasteiger partial charge in [0.1, 0.15) is 5.69 Å². The van der Waals surface area contributed by atoms with Crippen LogP contribution in [-0.2, 0) is 0 Å². The predicted molar refractivity (Wildman–Crippen MR) is 59.0 cm³/mol. The number of nitrogen functional groups attached to an aromatic ring is 1. The lowest BCUT2D eigenvalue weighted by Crippen LogP contribution is -2.15. The van der Waals surface area contributed by atoms with E-state index in [-0.39, 0.29) is 5.69 Å². The summed E-state index contributed by atoms with van der Waals surface area (Å²) in [6.07, 6.45) is 1.72. The molecule has 0 aliphatic heterocycles. The van der Waals surface area contributed by atoms with Crippen LogP contribution < -0.4 is 11.5 Å². The van der Waals surface area contributed by atoms with Gasteiger partial charge in [-0.1, -0.05) is 0 Å². The first-order valence-corrected chi connectivity index (χ1v) is 4.67. The van der Waals surface area contributed by atoms with Crippen molar-refractivity contribution in [3.05, 3.63) is 35.8 Å². The number of anilines is 1. The number of amides is 1. The minimum atomic E-state index is -0.592. The number of rotatable bonds is 2. The summed E-state index contributed by atoms with van der Waals surface area (Å²) in [6.45, 7) is 1.85. The summed E-state index contributed by atoms with van der Waals surface area (Å²) in [4.78, 5) is 15.0. The van der Waals surface area contributed by atoms with Crippen molar-refractivity contribution in [1.29, 1.82) is 0 Å². The molecule has 0 bridgehead atoms. The van der Waals surface area contributed by atoms with Crippen LogP contribution in [0.5, 0.6) is 0 Å². The Kier molecular flexibility index (Phi) is 2.32. The lowest BCUT2D eigenvalue weighted by molar-refractivity contribution is 0.0995. The van der Waals surface area contributed by atoms with Crippen molar-refractivity contribution in [2.24, 2.45) is 5.73 Å². The highest BCUT2D eigenvalue weighted by Crippen LogP contribution is 2.14. The standard InChI is InChI=1S/C10H11N5O/c1-6-4-5-15(14-6)10-7(11)2-3-8(13-10)9(12)16/h2-5H,11H2,1H3,(H2,12,16). The van der Waals surface area contributed by atoms with E-state index in [1.165, 1.54) is 10.7 Å². The number of hydrogen-bond acceptors (Lipinski definition) is 4. The third kappa shape index (κ3) is 1.72. The fraction of sp³-hybridized carbons (Fsp3) is 0.100. The van der Waals surface area contributed by atoms with Crippen LogP contribution >= 0.6 is 0 Å². The summed E-state index contributed by atoms with van der Waals surface area (Å²) in [5.41, 5.74) is 12.3. The highest BCUT2D eigenvalue weighted by atomic mass is 16.1. The third-order valence-corrected chi connectivity index (χ3v) is 2.10. The van der Waals surface area contributed by atoms with Crippen LogP contribution in [0, 0.1) is 6.92 Å². The lowest BCUT2D eigenvalue weighted by Gasteiger charge is -2.05. The number of nitrogens with two attached hydrogens (primary N) is 2. The van der Waals surface area contributed by atoms with Gasteiger partial charge in [-0.25, -0.2) is 9.67 Å². The molecule has 82 valence electrons. The number of primary amides is 1. The Hall–Kier alpha value is -2.37. The maximum atomic E-state index is 11.0. The van der Waals surface area contributed by atoms with Crippen LogP contribution in [0.4, 0.5) is 5.69 Å². The fourth-order valence-corrected chi connectivity index (χ4v) is 1.31. The molecule has 0 spiro atoms. The zero-order valence-corrected chi connectivity index (χ0v) is 8.71. The number of pyridine rings is 1. The summed E-state index contributed by atoms with van der Waals surface area (Å²) >= 11 is 0. The Bertz CT molecular complexity index is 546. The van der Waals surface area contributed by atoms with Crippen molar-refractivity contribution in [2.75, 3.05) is 5.73 Å². The normalized spacial score (nSPS) is 10.3. The lowest BCUT2D eigenvalue weighted by atomic mass is 10.3. The van der Waals surface area contributed by atoms with Crippen LogP contribution in [-0.4, -0.2) is 20.7 Å². The van der Waals surface area contributed by atoms with Crippen LogP contribution in [0.2, 0.25) is 0 Å². The maximum absolute atomic E-state index is 11.0. The summed E-state index contributed by atoms with van der Waals surface area (Å²) in [5, 5.41) is 4.16. The first-order valence-electron chi connectivity index (χ1n) is 4.67. The second-order valence-electron chi connectivity index (χ2n) is 3.38. The van der Waals surface area contributed by atoms with Gasteiger partial charge in [0.15, 0.2) is 5.82 Å². The average molecular weight is 217 g/mol. The summed E-state index contributed by atoms with van der Waals surface area (Å²) in [5.74, 6) is -0.186. The molecule has 0 unspecified atom stereocenters. The minimum Gasteiger partial charge on any atom is -0.396 e. The van der Waals surface area contributed by atoms with E-state index in [0.717, 1.165) is 5.69 Å². The van der Waals surface area contributed by atoms with E-state index in [1.54, 1.807) is 12.3 Å². The highest BCUT2D eigenvalue weighted by Gasteiger charge is 2.09. The molecule has 0 aromatic carbocycles. The van der Waals surface area contributed by atoms with Crippen molar-refractivity contribution in [1.82, 2.24) is 14.8 Å². The molecule has 0 fully saturated rings. The number of carbonyl (C=O) groups is 1. The van der Waals surface area contributed by atoms with Crippen molar-refractivity contribution in [2.45, 2.75) is 6.92 Å². The zero-order valence-electron chi connectivity index (χ0n) is 8.71. The van der Waals surface area contributed by atoms with E-state index in [1.807, 2.05) is 13.0 Å². The first-order chi connectivity index (χ1) is 7.58. The molecule has 6 heteroatoms. The molecule has 6 nitrogen and oxygen atoms in total. The van der Waals surface area contributed by atoms with Gasteiger partial charge in [0.2, 0.25) is 0 Å². The van der Waals surface area contributed by atoms with Gasteiger partial charge in [0.25, 0.3) is 5.91 Å². The topological polar surface area (TPSA) is 99.8 Å². The molecule has 0 radical (unpaired) electrons. The van der Waals surface area contributed by atoms with E-state index in [2.05, 4.69) is 10.1 Å². The minimum absolute atomic E-state index is 0.164. The molecular weight excluding hydrogens is 206 g/mol. The molecule has 0 atom stereocenters. The van der Waals surface area contributed by atoms with Gasteiger partial charge in [-0.3, -0.25) is 4.79 Å². The Morgan fingerprint density at radius 3 is 2.69 bits per heavy atom. The molecule has 0 saturated heterocycles. The first kappa shape index (κ1) is 10.2. The average Bonchev–Trinajstić information content (AvgIpc) is 2.65. The second-order valence-corrected chi connectivity index (χ2v) is 3.38. The maximum Gasteiger partial charge on any atom is 0.267 e. The molecular formula is C10H11N5O. The van der Waals surface area contributed by atoms with Crippen LogP contribution in [0.3, 0.4) is 0 Å². The third-order valence-electron chi connectivity index (χ3n) is 2.10. The van der Waals surface area contributed by atoms with E-state index in [0.29, 0.717) is 11.5 Å². The van der Waals surface area contributed by atoms with Crippen LogP contribution in [0.25, 0.3) is 5.82 Å². The monoisotopic (exact) mass is 217 g/mol. The van der Waals surface area contributed by atoms with Gasteiger partial charge in [0.05, 0.1) is 11.4 Å². The molecule has 2 aromatic rings. The summed E-state index contributed by atoms with van der Waals surface area (Å²) < 4.78 is 1.51. The summed E-state index contributed by atoms with van der Waals surface area (Å²) in [6, 6.07) is 4.88. The van der Waals surface area contributed by atoms with E-state index in [4.69, 9.17) is 11.5 Å². The van der Waals surface area contributed by atoms with Crippen molar-refractivity contribution in [3.63, 3.8) is 0 Å². The van der Waals surface area contributed by atoms with Crippen LogP contribution in [0.1, 0.15) is 16.2 Å². The Balaban J connectivity index is 2.55. The Morgan fingerprint density at radius 2 is 2.12 bits per heavy atom. The Morgan fingerprint density at radius 1 is 1.38 bits per heavy atom. The quantitative estimate of drug-likeness (QED) is 0.753. The number of nitrogens with zero attached hydrogens (tertiary/aromatic N) is 3. The SMILES string of the molecule is Cc1ccn(-c2nc(C(N)=O)ccc2N)n1. The Labute approximate surface area is 91.9 Å². The number of carbonyl (C=O) groups excluding carboxylic acids is 1. The highest BCUT2D eigenvalue weighted by molar-refractivity contribution is 5.91. The smallest absolute Gasteiger partial charge is 0.267 e. The van der Waals surface area contributed by atoms with Gasteiger partial charge in [-0.2, -0.15) is 5.10 Å². The van der Waals surface area contributed by atoms with Gasteiger partial charge in [-0.15, -0.1) is 0 Å². The van der Waals surface area contributed by atoms with Crippen molar-refractivity contribution in [3.8, 4) is 5.82 Å². The molecule has 2 aromatic heterocycles. The molecule has 0 saturated carbocycles. The number of aryl methyl sites for hydroxylation is 1. The molecule has 0 aliphatic rings. The largest absolute Gasteiger partial charge is 0.396 e. The molecule has 4 N–H and O–H groups in total. The van der Waals surface area contributed by atoms with Gasteiger partial charge in [0, 0.05) is 6.20 Å². The fourth-order valence-electron chi connectivity index (χ4n) is 1.31. The van der Waals surface area contributed by atoms with Crippen LogP contribution in [0.15, 0.2) is 24.4 Å². The van der Waals surface area contributed by atoms with Gasteiger partial charge < -0.3 is 11.5 Å². The number of aromatic nitrogens is 3. The van der Waals surface area contributed by atoms with E-state index < -0.39 is 5.91 Å². The molecule has 2 rings (SSSR count). The van der Waals surface area contributed by atoms with Gasteiger partial charge in [-0.05, 0) is 25.1 Å².